The van der Waals surface area contributed by atoms with E-state index in [0.29, 0.717) is 17.0 Å². The molecule has 0 bridgehead atoms. The molecule has 9 heteroatoms. The number of para-hydroxylation sites is 1. The largest absolute Gasteiger partial charge is 0.477 e. The van der Waals surface area contributed by atoms with Gasteiger partial charge in [0.15, 0.2) is 6.10 Å². The lowest BCUT2D eigenvalue weighted by molar-refractivity contribution is -0.148. The molecule has 1 aliphatic heterocycles. The Kier molecular flexibility index (Phi) is 6.77. The van der Waals surface area contributed by atoms with Gasteiger partial charge in [0.1, 0.15) is 11.3 Å². The lowest BCUT2D eigenvalue weighted by Crippen LogP contribution is -2.35. The van der Waals surface area contributed by atoms with Crippen LogP contribution in [-0.2, 0) is 19.1 Å². The van der Waals surface area contributed by atoms with Crippen molar-refractivity contribution in [2.75, 3.05) is 12.1 Å². The summed E-state index contributed by atoms with van der Waals surface area (Å²) >= 11 is 4.17. The van der Waals surface area contributed by atoms with Crippen molar-refractivity contribution in [1.29, 1.82) is 0 Å². The first-order valence-electron chi connectivity index (χ1n) is 8.47. The van der Waals surface area contributed by atoms with Crippen LogP contribution in [0.1, 0.15) is 12.5 Å². The second-order valence-electron chi connectivity index (χ2n) is 6.07. The van der Waals surface area contributed by atoms with Gasteiger partial charge in [0.25, 0.3) is 11.8 Å². The molecule has 150 valence electrons. The highest BCUT2D eigenvalue weighted by molar-refractivity contribution is 14.1. The van der Waals surface area contributed by atoms with Crippen LogP contribution in [0.3, 0.4) is 0 Å². The van der Waals surface area contributed by atoms with E-state index in [9.17, 15) is 14.4 Å². The minimum absolute atomic E-state index is 0.0389. The number of hydrogen-bond donors (Lipinski definition) is 1. The molecule has 0 saturated carbocycles. The predicted octanol–water partition coefficient (Wildman–Crippen LogP) is 3.30. The second-order valence-corrected chi connectivity index (χ2v) is 8.40. The first-order chi connectivity index (χ1) is 13.8. The number of halogens is 2. The zero-order valence-corrected chi connectivity index (χ0v) is 19.8. The Hall–Kier alpha value is -2.15. The fourth-order valence-corrected chi connectivity index (χ4v) is 4.72. The maximum atomic E-state index is 12.7. The third kappa shape index (κ3) is 4.71. The van der Waals surface area contributed by atoms with Gasteiger partial charge in [-0.25, -0.2) is 9.80 Å². The van der Waals surface area contributed by atoms with Crippen molar-refractivity contribution in [3.8, 4) is 5.75 Å². The quantitative estimate of drug-likeness (QED) is 0.241. The summed E-state index contributed by atoms with van der Waals surface area (Å²) in [6.07, 6.45) is 0.784. The summed E-state index contributed by atoms with van der Waals surface area (Å²) in [6.45, 7) is 1.60. The summed E-state index contributed by atoms with van der Waals surface area (Å²) in [7, 11) is 1.30. The van der Waals surface area contributed by atoms with Crippen molar-refractivity contribution in [2.24, 2.45) is 0 Å². The fraction of sp³-hybridized carbons (Fsp3) is 0.150. The van der Waals surface area contributed by atoms with E-state index in [4.69, 9.17) is 4.74 Å². The molecular formula is C20H16I2N2O5. The zero-order chi connectivity index (χ0) is 21.1. The normalized spacial score (nSPS) is 16.0. The van der Waals surface area contributed by atoms with E-state index in [0.717, 1.165) is 7.14 Å². The summed E-state index contributed by atoms with van der Waals surface area (Å²) in [6, 6.07) is 12.4. The number of hydrogen-bond acceptors (Lipinski definition) is 5. The summed E-state index contributed by atoms with van der Waals surface area (Å²) < 4.78 is 11.9. The third-order valence-corrected chi connectivity index (χ3v) is 5.67. The molecule has 3 rings (SSSR count). The molecule has 1 saturated heterocycles. The SMILES string of the molecule is COC(=O)[C@@H](C)Oc1c(I)cc(/C=C2/C(=O)NN(c3ccccc3)C2=O)cc1I. The number of carbonyl (C=O) groups is 3. The van der Waals surface area contributed by atoms with Crippen LogP contribution in [0.25, 0.3) is 6.08 Å². The van der Waals surface area contributed by atoms with Crippen molar-refractivity contribution in [2.45, 2.75) is 13.0 Å². The molecule has 0 radical (unpaired) electrons. The van der Waals surface area contributed by atoms with Gasteiger partial charge in [0.05, 0.1) is 19.9 Å². The highest BCUT2D eigenvalue weighted by Gasteiger charge is 2.34. The van der Waals surface area contributed by atoms with Crippen LogP contribution in [0.2, 0.25) is 0 Å². The fourth-order valence-electron chi connectivity index (χ4n) is 2.65. The number of rotatable bonds is 5. The Morgan fingerprint density at radius 1 is 1.14 bits per heavy atom. The Morgan fingerprint density at radius 2 is 1.76 bits per heavy atom. The molecule has 0 aliphatic carbocycles. The molecule has 1 aliphatic rings. The molecular weight excluding hydrogens is 602 g/mol. The van der Waals surface area contributed by atoms with Gasteiger partial charge < -0.3 is 9.47 Å². The van der Waals surface area contributed by atoms with Gasteiger partial charge >= 0.3 is 5.97 Å². The van der Waals surface area contributed by atoms with E-state index in [2.05, 4.69) is 55.3 Å². The smallest absolute Gasteiger partial charge is 0.346 e. The molecule has 2 aromatic carbocycles. The second kappa shape index (κ2) is 9.11. The summed E-state index contributed by atoms with van der Waals surface area (Å²) in [5.74, 6) is -0.828. The molecule has 2 amide bonds. The number of anilines is 1. The number of benzene rings is 2. The molecule has 0 unspecified atom stereocenters. The Balaban J connectivity index is 1.88. The van der Waals surface area contributed by atoms with Gasteiger partial charge in [-0.2, -0.15) is 0 Å². The van der Waals surface area contributed by atoms with Gasteiger partial charge in [-0.15, -0.1) is 0 Å². The molecule has 0 spiro atoms. The number of nitrogens with one attached hydrogen (secondary N) is 1. The van der Waals surface area contributed by atoms with E-state index in [1.54, 1.807) is 49.4 Å². The van der Waals surface area contributed by atoms with E-state index in [1.165, 1.54) is 12.1 Å². The number of methoxy groups -OCH3 is 1. The topological polar surface area (TPSA) is 84.9 Å². The van der Waals surface area contributed by atoms with Crippen LogP contribution in [0.4, 0.5) is 5.69 Å². The van der Waals surface area contributed by atoms with Crippen molar-refractivity contribution in [3.05, 3.63) is 60.7 Å². The highest BCUT2D eigenvalue weighted by atomic mass is 127. The monoisotopic (exact) mass is 618 g/mol. The zero-order valence-electron chi connectivity index (χ0n) is 15.4. The summed E-state index contributed by atoms with van der Waals surface area (Å²) in [5.41, 5.74) is 3.87. The Bertz CT molecular complexity index is 984. The van der Waals surface area contributed by atoms with Crippen molar-refractivity contribution in [1.82, 2.24) is 5.43 Å². The summed E-state index contributed by atoms with van der Waals surface area (Å²) in [4.78, 5) is 36.7. The lowest BCUT2D eigenvalue weighted by atomic mass is 10.1. The first kappa shape index (κ1) is 21.6. The Morgan fingerprint density at radius 3 is 2.34 bits per heavy atom. The van der Waals surface area contributed by atoms with Gasteiger partial charge in [0, 0.05) is 0 Å². The standard InChI is InChI=1S/C20H16I2N2O5/c1-11(20(27)28-2)29-17-15(21)9-12(10-16(17)22)8-14-18(25)23-24(19(14)26)13-6-4-3-5-7-13/h3-11H,1-2H3,(H,23,25)/b14-8-/t11-/m1/s1. The molecule has 29 heavy (non-hydrogen) atoms. The third-order valence-electron chi connectivity index (χ3n) is 4.07. The van der Waals surface area contributed by atoms with Crippen LogP contribution >= 0.6 is 45.2 Å². The molecule has 7 nitrogen and oxygen atoms in total. The number of amides is 2. The predicted molar refractivity (Wildman–Crippen MR) is 124 cm³/mol. The molecule has 0 aromatic heterocycles. The van der Waals surface area contributed by atoms with E-state index in [-0.39, 0.29) is 5.57 Å². The van der Waals surface area contributed by atoms with E-state index >= 15 is 0 Å². The van der Waals surface area contributed by atoms with Gasteiger partial charge in [-0.1, -0.05) is 18.2 Å². The maximum absolute atomic E-state index is 12.7. The lowest BCUT2D eigenvalue weighted by Gasteiger charge is -2.16. The van der Waals surface area contributed by atoms with Crippen LogP contribution in [0, 0.1) is 7.14 Å². The van der Waals surface area contributed by atoms with Gasteiger partial charge in [-0.3, -0.25) is 15.0 Å². The minimum atomic E-state index is -0.757. The minimum Gasteiger partial charge on any atom is -0.477 e. The van der Waals surface area contributed by atoms with Gasteiger partial charge in [-0.05, 0) is 88.0 Å². The van der Waals surface area contributed by atoms with Gasteiger partial charge in [0.2, 0.25) is 0 Å². The van der Waals surface area contributed by atoms with E-state index < -0.39 is 23.9 Å². The molecule has 1 fully saturated rings. The van der Waals surface area contributed by atoms with E-state index in [1.807, 2.05) is 6.07 Å². The number of hydrazine groups is 1. The van der Waals surface area contributed by atoms with Crippen LogP contribution in [-0.4, -0.2) is 31.0 Å². The average molecular weight is 618 g/mol. The molecule has 1 atom stereocenters. The molecule has 1 N–H and O–H groups in total. The number of nitrogens with zero attached hydrogens (tertiary/aromatic N) is 1. The van der Waals surface area contributed by atoms with Crippen LogP contribution in [0.5, 0.6) is 5.75 Å². The van der Waals surface area contributed by atoms with Crippen LogP contribution < -0.4 is 15.2 Å². The van der Waals surface area contributed by atoms with Crippen molar-refractivity contribution in [3.63, 3.8) is 0 Å². The maximum Gasteiger partial charge on any atom is 0.346 e. The van der Waals surface area contributed by atoms with Crippen LogP contribution in [0.15, 0.2) is 48.0 Å². The molecule has 2 aromatic rings. The number of carbonyl (C=O) groups excluding carboxylic acids is 3. The number of ether oxygens (including phenoxy) is 2. The molecule has 1 heterocycles. The van der Waals surface area contributed by atoms with Crippen molar-refractivity contribution < 1.29 is 23.9 Å². The average Bonchev–Trinajstić information content (AvgIpc) is 2.98. The number of esters is 1. The highest BCUT2D eigenvalue weighted by Crippen LogP contribution is 2.31. The summed E-state index contributed by atoms with van der Waals surface area (Å²) in [5, 5.41) is 1.22. The Labute approximate surface area is 194 Å². The van der Waals surface area contributed by atoms with Crippen molar-refractivity contribution >= 4 is 74.7 Å². The first-order valence-corrected chi connectivity index (χ1v) is 10.6.